The van der Waals surface area contributed by atoms with Crippen molar-refractivity contribution >= 4 is 29.7 Å². The van der Waals surface area contributed by atoms with Gasteiger partial charge in [0, 0.05) is 12.7 Å². The summed E-state index contributed by atoms with van der Waals surface area (Å²) in [5.74, 6) is -0.435. The number of hydrogen-bond donors (Lipinski definition) is 0. The first kappa shape index (κ1) is 16.2. The van der Waals surface area contributed by atoms with Gasteiger partial charge in [-0.05, 0) is 31.6 Å². The second kappa shape index (κ2) is 6.70. The molecule has 1 amide bonds. The monoisotopic (exact) mass is 318 g/mol. The number of allylic oxidation sites excluding steroid dienone is 1. The molecule has 0 spiro atoms. The van der Waals surface area contributed by atoms with Crippen LogP contribution in [-0.2, 0) is 14.3 Å². The van der Waals surface area contributed by atoms with Crippen LogP contribution in [0.3, 0.4) is 0 Å². The SMILES string of the molecule is CCOC(=O)C1=C(C)N(C)C(=S)N(C=O)[C@H]1c1ccccc1. The Morgan fingerprint density at radius 1 is 1.36 bits per heavy atom. The van der Waals surface area contributed by atoms with Gasteiger partial charge in [-0.3, -0.25) is 9.69 Å². The Hall–Kier alpha value is -2.21. The Labute approximate surface area is 135 Å². The largest absolute Gasteiger partial charge is 0.463 e. The van der Waals surface area contributed by atoms with Crippen LogP contribution < -0.4 is 0 Å². The summed E-state index contributed by atoms with van der Waals surface area (Å²) in [6, 6.07) is 8.75. The van der Waals surface area contributed by atoms with Crippen molar-refractivity contribution in [2.45, 2.75) is 19.9 Å². The molecule has 2 rings (SSSR count). The van der Waals surface area contributed by atoms with Gasteiger partial charge in [0.25, 0.3) is 0 Å². The molecule has 1 heterocycles. The number of carbonyl (C=O) groups is 2. The predicted octanol–water partition coefficient (Wildman–Crippen LogP) is 2.25. The molecule has 22 heavy (non-hydrogen) atoms. The second-order valence-electron chi connectivity index (χ2n) is 4.89. The van der Waals surface area contributed by atoms with Crippen molar-refractivity contribution in [1.82, 2.24) is 9.80 Å². The Balaban J connectivity index is 2.63. The molecule has 1 aliphatic rings. The van der Waals surface area contributed by atoms with Gasteiger partial charge in [-0.15, -0.1) is 0 Å². The number of amides is 1. The Morgan fingerprint density at radius 3 is 2.55 bits per heavy atom. The van der Waals surface area contributed by atoms with Gasteiger partial charge in [0.1, 0.15) is 0 Å². The molecule has 0 radical (unpaired) electrons. The lowest BCUT2D eigenvalue weighted by Gasteiger charge is -2.40. The van der Waals surface area contributed by atoms with Crippen molar-refractivity contribution in [2.75, 3.05) is 13.7 Å². The van der Waals surface area contributed by atoms with Crippen molar-refractivity contribution in [2.24, 2.45) is 0 Å². The van der Waals surface area contributed by atoms with Crippen LogP contribution in [0.1, 0.15) is 25.5 Å². The summed E-state index contributed by atoms with van der Waals surface area (Å²) in [5, 5.41) is 0.356. The highest BCUT2D eigenvalue weighted by Crippen LogP contribution is 2.36. The van der Waals surface area contributed by atoms with Gasteiger partial charge in [0.15, 0.2) is 5.11 Å². The maximum Gasteiger partial charge on any atom is 0.338 e. The van der Waals surface area contributed by atoms with Crippen LogP contribution in [-0.4, -0.2) is 40.9 Å². The summed E-state index contributed by atoms with van der Waals surface area (Å²) in [6.45, 7) is 3.82. The lowest BCUT2D eigenvalue weighted by atomic mass is 9.94. The quantitative estimate of drug-likeness (QED) is 0.484. The molecule has 1 aliphatic heterocycles. The maximum absolute atomic E-state index is 12.4. The normalized spacial score (nSPS) is 18.5. The molecule has 1 atom stereocenters. The smallest absolute Gasteiger partial charge is 0.338 e. The minimum absolute atomic E-state index is 0.270. The molecule has 0 fully saturated rings. The fourth-order valence-corrected chi connectivity index (χ4v) is 2.77. The number of thiocarbonyl (C=S) groups is 1. The highest BCUT2D eigenvalue weighted by molar-refractivity contribution is 7.80. The average Bonchev–Trinajstić information content (AvgIpc) is 2.53. The molecule has 5 nitrogen and oxygen atoms in total. The molecule has 0 aliphatic carbocycles. The van der Waals surface area contributed by atoms with E-state index in [2.05, 4.69) is 0 Å². The number of benzene rings is 1. The zero-order valence-electron chi connectivity index (χ0n) is 12.8. The third-order valence-corrected chi connectivity index (χ3v) is 4.16. The van der Waals surface area contributed by atoms with Crippen LogP contribution in [0.15, 0.2) is 41.6 Å². The van der Waals surface area contributed by atoms with E-state index in [9.17, 15) is 9.59 Å². The van der Waals surface area contributed by atoms with E-state index in [1.807, 2.05) is 30.3 Å². The molecule has 0 unspecified atom stereocenters. The van der Waals surface area contributed by atoms with Gasteiger partial charge in [-0.1, -0.05) is 30.3 Å². The minimum atomic E-state index is -0.568. The van der Waals surface area contributed by atoms with Crippen molar-refractivity contribution in [1.29, 1.82) is 0 Å². The zero-order chi connectivity index (χ0) is 16.3. The highest BCUT2D eigenvalue weighted by atomic mass is 32.1. The molecular formula is C16H18N2O3S. The van der Waals surface area contributed by atoms with Gasteiger partial charge in [0.2, 0.25) is 6.41 Å². The van der Waals surface area contributed by atoms with E-state index >= 15 is 0 Å². The average molecular weight is 318 g/mol. The van der Waals surface area contributed by atoms with Crippen LogP contribution in [0.4, 0.5) is 0 Å². The van der Waals surface area contributed by atoms with Gasteiger partial charge < -0.3 is 9.64 Å². The first-order chi connectivity index (χ1) is 10.5. The number of ether oxygens (including phenoxy) is 1. The minimum Gasteiger partial charge on any atom is -0.463 e. The zero-order valence-corrected chi connectivity index (χ0v) is 13.6. The Morgan fingerprint density at radius 2 is 2.00 bits per heavy atom. The summed E-state index contributed by atoms with van der Waals surface area (Å²) in [6.07, 6.45) is 0.655. The first-order valence-corrected chi connectivity index (χ1v) is 7.37. The highest BCUT2D eigenvalue weighted by Gasteiger charge is 2.39. The molecule has 1 aromatic rings. The number of esters is 1. The fraction of sp³-hybridized carbons (Fsp3) is 0.312. The summed E-state index contributed by atoms with van der Waals surface area (Å²) < 4.78 is 5.17. The van der Waals surface area contributed by atoms with Crippen molar-refractivity contribution < 1.29 is 14.3 Å². The number of nitrogens with zero attached hydrogens (tertiary/aromatic N) is 2. The van der Waals surface area contributed by atoms with E-state index in [1.54, 1.807) is 25.8 Å². The van der Waals surface area contributed by atoms with Crippen molar-refractivity contribution in [3.05, 3.63) is 47.2 Å². The van der Waals surface area contributed by atoms with E-state index in [4.69, 9.17) is 17.0 Å². The van der Waals surface area contributed by atoms with Gasteiger partial charge in [-0.25, -0.2) is 4.79 Å². The summed E-state index contributed by atoms with van der Waals surface area (Å²) >= 11 is 5.34. The topological polar surface area (TPSA) is 49.9 Å². The van der Waals surface area contributed by atoms with Crippen molar-refractivity contribution in [3.8, 4) is 0 Å². The molecule has 0 saturated carbocycles. The van der Waals surface area contributed by atoms with E-state index < -0.39 is 12.0 Å². The third kappa shape index (κ3) is 2.74. The summed E-state index contributed by atoms with van der Waals surface area (Å²) in [4.78, 5) is 27.0. The maximum atomic E-state index is 12.4. The molecule has 0 bridgehead atoms. The Bertz CT molecular complexity index is 628. The van der Waals surface area contributed by atoms with E-state index in [-0.39, 0.29) is 6.61 Å². The third-order valence-electron chi connectivity index (χ3n) is 3.68. The van der Waals surface area contributed by atoms with Gasteiger partial charge in [0.05, 0.1) is 18.2 Å². The molecule has 0 saturated heterocycles. The van der Waals surface area contributed by atoms with Gasteiger partial charge >= 0.3 is 5.97 Å². The van der Waals surface area contributed by atoms with Crippen LogP contribution >= 0.6 is 12.2 Å². The second-order valence-corrected chi connectivity index (χ2v) is 5.25. The van der Waals surface area contributed by atoms with E-state index in [0.29, 0.717) is 22.8 Å². The van der Waals surface area contributed by atoms with E-state index in [0.717, 1.165) is 5.56 Å². The lowest BCUT2D eigenvalue weighted by molar-refractivity contribution is -0.139. The first-order valence-electron chi connectivity index (χ1n) is 6.97. The molecule has 6 heteroatoms. The number of rotatable bonds is 4. The van der Waals surface area contributed by atoms with Crippen LogP contribution in [0.2, 0.25) is 0 Å². The summed E-state index contributed by atoms with van der Waals surface area (Å²) in [5.41, 5.74) is 1.93. The van der Waals surface area contributed by atoms with Crippen LogP contribution in [0.25, 0.3) is 0 Å². The molecule has 0 aromatic heterocycles. The van der Waals surface area contributed by atoms with E-state index in [1.165, 1.54) is 4.90 Å². The molecule has 0 N–H and O–H groups in total. The molecular weight excluding hydrogens is 300 g/mol. The Kier molecular flexibility index (Phi) is 4.92. The van der Waals surface area contributed by atoms with Crippen LogP contribution in [0, 0.1) is 0 Å². The number of carbonyl (C=O) groups excluding carboxylic acids is 2. The molecule has 1 aromatic carbocycles. The lowest BCUT2D eigenvalue weighted by Crippen LogP contribution is -2.48. The summed E-state index contributed by atoms with van der Waals surface area (Å²) in [7, 11) is 1.73. The molecule has 116 valence electrons. The fourth-order valence-electron chi connectivity index (χ4n) is 2.48. The van der Waals surface area contributed by atoms with Gasteiger partial charge in [-0.2, -0.15) is 0 Å². The standard InChI is InChI=1S/C16H18N2O3S/c1-4-21-15(20)13-11(2)17(3)16(22)18(10-19)14(13)12-8-6-5-7-9-12/h5-10,14H,4H2,1-3H3/t14-/m0/s1. The predicted molar refractivity (Wildman–Crippen MR) is 86.8 cm³/mol. The van der Waals surface area contributed by atoms with Crippen LogP contribution in [0.5, 0.6) is 0 Å². The van der Waals surface area contributed by atoms with Crippen molar-refractivity contribution in [3.63, 3.8) is 0 Å². The number of hydrogen-bond acceptors (Lipinski definition) is 4.